The van der Waals surface area contributed by atoms with Gasteiger partial charge in [0, 0.05) is 17.9 Å². The molecule has 2 rings (SSSR count). The molecule has 0 aliphatic heterocycles. The van der Waals surface area contributed by atoms with E-state index in [4.69, 9.17) is 0 Å². The van der Waals surface area contributed by atoms with Crippen molar-refractivity contribution >= 4 is 16.6 Å². The zero-order valence-corrected chi connectivity index (χ0v) is 10.8. The van der Waals surface area contributed by atoms with Gasteiger partial charge in [0.15, 0.2) is 0 Å². The molecule has 4 heteroatoms. The monoisotopic (exact) mass is 250 g/mol. The Balaban J connectivity index is 2.75. The molecule has 0 aliphatic carbocycles. The highest BCUT2D eigenvalue weighted by Crippen LogP contribution is 2.29. The average Bonchev–Trinajstić information content (AvgIpc) is 2.33. The third-order valence-corrected chi connectivity index (χ3v) is 2.85. The standard InChI is InChI=1S/C14H16F2N2/c1-4-5-17-11-7-9(3)18-14-10(15)6-8(2)13(16)12(11)14/h6-7H,4-5H2,1-3H3,(H,17,18). The molecular formula is C14H16F2N2. The molecule has 0 unspecified atom stereocenters. The molecule has 0 spiro atoms. The quantitative estimate of drug-likeness (QED) is 0.892. The van der Waals surface area contributed by atoms with Crippen LogP contribution in [0.1, 0.15) is 24.6 Å². The lowest BCUT2D eigenvalue weighted by Crippen LogP contribution is -2.04. The van der Waals surface area contributed by atoms with Crippen LogP contribution in [0.4, 0.5) is 14.5 Å². The SMILES string of the molecule is CCCNc1cc(C)nc2c(F)cc(C)c(F)c12. The molecule has 0 atom stereocenters. The highest BCUT2D eigenvalue weighted by molar-refractivity contribution is 5.93. The molecule has 1 heterocycles. The average molecular weight is 250 g/mol. The molecule has 1 aromatic carbocycles. The van der Waals surface area contributed by atoms with E-state index in [1.165, 1.54) is 6.07 Å². The first-order valence-corrected chi connectivity index (χ1v) is 6.04. The summed E-state index contributed by atoms with van der Waals surface area (Å²) in [7, 11) is 0. The molecule has 0 fully saturated rings. The lowest BCUT2D eigenvalue weighted by molar-refractivity contribution is 0.607. The lowest BCUT2D eigenvalue weighted by Gasteiger charge is -2.12. The normalized spacial score (nSPS) is 10.9. The summed E-state index contributed by atoms with van der Waals surface area (Å²) in [6.07, 6.45) is 0.915. The van der Waals surface area contributed by atoms with Crippen LogP contribution in [0.5, 0.6) is 0 Å². The zero-order chi connectivity index (χ0) is 13.3. The predicted octanol–water partition coefficient (Wildman–Crippen LogP) is 3.95. The topological polar surface area (TPSA) is 24.9 Å². The summed E-state index contributed by atoms with van der Waals surface area (Å²) in [5.41, 5.74) is 1.67. The maximum Gasteiger partial charge on any atom is 0.149 e. The number of hydrogen-bond donors (Lipinski definition) is 1. The fraction of sp³-hybridized carbons (Fsp3) is 0.357. The number of aryl methyl sites for hydroxylation is 2. The van der Waals surface area contributed by atoms with Crippen molar-refractivity contribution in [2.45, 2.75) is 27.2 Å². The van der Waals surface area contributed by atoms with E-state index in [1.54, 1.807) is 19.9 Å². The number of pyridine rings is 1. The molecule has 0 radical (unpaired) electrons. The lowest BCUT2D eigenvalue weighted by atomic mass is 10.1. The summed E-state index contributed by atoms with van der Waals surface area (Å²) >= 11 is 0. The largest absolute Gasteiger partial charge is 0.384 e. The predicted molar refractivity (Wildman–Crippen MR) is 69.9 cm³/mol. The summed E-state index contributed by atoms with van der Waals surface area (Å²) in [6.45, 7) is 6.06. The molecule has 1 N–H and O–H groups in total. The van der Waals surface area contributed by atoms with Crippen molar-refractivity contribution in [2.75, 3.05) is 11.9 Å². The number of nitrogens with zero attached hydrogens (tertiary/aromatic N) is 1. The Morgan fingerprint density at radius 1 is 1.22 bits per heavy atom. The molecule has 0 bridgehead atoms. The molecule has 0 amide bonds. The third kappa shape index (κ3) is 2.15. The maximum atomic E-state index is 14.2. The number of fused-ring (bicyclic) bond motifs is 1. The van der Waals surface area contributed by atoms with E-state index in [-0.39, 0.29) is 10.9 Å². The van der Waals surface area contributed by atoms with Gasteiger partial charge in [-0.2, -0.15) is 0 Å². The van der Waals surface area contributed by atoms with E-state index in [2.05, 4.69) is 10.3 Å². The van der Waals surface area contributed by atoms with Crippen molar-refractivity contribution in [1.82, 2.24) is 4.98 Å². The minimum atomic E-state index is -0.479. The maximum absolute atomic E-state index is 14.2. The minimum Gasteiger partial charge on any atom is -0.384 e. The smallest absolute Gasteiger partial charge is 0.149 e. The van der Waals surface area contributed by atoms with Crippen LogP contribution in [0.2, 0.25) is 0 Å². The molecule has 18 heavy (non-hydrogen) atoms. The van der Waals surface area contributed by atoms with E-state index in [9.17, 15) is 8.78 Å². The molecule has 2 nitrogen and oxygen atoms in total. The third-order valence-electron chi connectivity index (χ3n) is 2.85. The van der Waals surface area contributed by atoms with Crippen molar-refractivity contribution in [1.29, 1.82) is 0 Å². The van der Waals surface area contributed by atoms with Gasteiger partial charge in [-0.05, 0) is 38.0 Å². The fourth-order valence-corrected chi connectivity index (χ4v) is 1.99. The fourth-order valence-electron chi connectivity index (χ4n) is 1.99. The van der Waals surface area contributed by atoms with Crippen molar-refractivity contribution in [2.24, 2.45) is 0 Å². The van der Waals surface area contributed by atoms with Gasteiger partial charge >= 0.3 is 0 Å². The second-order valence-corrected chi connectivity index (χ2v) is 4.45. The van der Waals surface area contributed by atoms with Crippen LogP contribution in [-0.2, 0) is 0 Å². The van der Waals surface area contributed by atoms with Gasteiger partial charge < -0.3 is 5.32 Å². The van der Waals surface area contributed by atoms with Crippen LogP contribution in [-0.4, -0.2) is 11.5 Å². The van der Waals surface area contributed by atoms with Crippen LogP contribution in [0.25, 0.3) is 10.9 Å². The van der Waals surface area contributed by atoms with Crippen LogP contribution >= 0.6 is 0 Å². The van der Waals surface area contributed by atoms with Gasteiger partial charge in [0.1, 0.15) is 17.2 Å². The number of rotatable bonds is 3. The van der Waals surface area contributed by atoms with Gasteiger partial charge in [0.2, 0.25) is 0 Å². The summed E-state index contributed by atoms with van der Waals surface area (Å²) < 4.78 is 28.0. The van der Waals surface area contributed by atoms with Crippen LogP contribution in [0, 0.1) is 25.5 Å². The first-order chi connectivity index (χ1) is 8.54. The zero-order valence-electron chi connectivity index (χ0n) is 10.8. The number of nitrogens with one attached hydrogen (secondary N) is 1. The number of anilines is 1. The minimum absolute atomic E-state index is 0.0942. The van der Waals surface area contributed by atoms with Crippen molar-refractivity contribution in [3.05, 3.63) is 35.0 Å². The van der Waals surface area contributed by atoms with Crippen molar-refractivity contribution < 1.29 is 8.78 Å². The molecule has 96 valence electrons. The van der Waals surface area contributed by atoms with Gasteiger partial charge in [0.05, 0.1) is 5.39 Å². The number of aromatic nitrogens is 1. The molecule has 2 aromatic rings. The summed E-state index contributed by atoms with van der Waals surface area (Å²) in [5.74, 6) is -0.885. The Kier molecular flexibility index (Phi) is 3.45. The van der Waals surface area contributed by atoms with Gasteiger partial charge in [-0.15, -0.1) is 0 Å². The molecule has 0 saturated carbocycles. The number of halogens is 2. The Morgan fingerprint density at radius 3 is 2.61 bits per heavy atom. The second-order valence-electron chi connectivity index (χ2n) is 4.45. The summed E-state index contributed by atoms with van der Waals surface area (Å²) in [6, 6.07) is 2.94. The van der Waals surface area contributed by atoms with Gasteiger partial charge in [-0.3, -0.25) is 0 Å². The van der Waals surface area contributed by atoms with Gasteiger partial charge in [-0.25, -0.2) is 13.8 Å². The van der Waals surface area contributed by atoms with E-state index < -0.39 is 11.6 Å². The summed E-state index contributed by atoms with van der Waals surface area (Å²) in [4.78, 5) is 4.09. The Bertz CT molecular complexity index is 594. The van der Waals surface area contributed by atoms with E-state index in [0.717, 1.165) is 6.42 Å². The molecular weight excluding hydrogens is 234 g/mol. The number of hydrogen-bond acceptors (Lipinski definition) is 2. The Morgan fingerprint density at radius 2 is 1.94 bits per heavy atom. The molecule has 1 aromatic heterocycles. The van der Waals surface area contributed by atoms with Crippen LogP contribution < -0.4 is 5.32 Å². The Hall–Kier alpha value is -1.71. The van der Waals surface area contributed by atoms with E-state index in [0.29, 0.717) is 23.5 Å². The second kappa shape index (κ2) is 4.88. The molecule has 0 aliphatic rings. The number of benzene rings is 1. The van der Waals surface area contributed by atoms with Crippen molar-refractivity contribution in [3.8, 4) is 0 Å². The molecule has 0 saturated heterocycles. The highest BCUT2D eigenvalue weighted by Gasteiger charge is 2.15. The van der Waals surface area contributed by atoms with E-state index in [1.807, 2.05) is 6.92 Å². The highest BCUT2D eigenvalue weighted by atomic mass is 19.1. The summed E-state index contributed by atoms with van der Waals surface area (Å²) in [5, 5.41) is 3.37. The van der Waals surface area contributed by atoms with Crippen molar-refractivity contribution in [3.63, 3.8) is 0 Å². The van der Waals surface area contributed by atoms with Gasteiger partial charge in [-0.1, -0.05) is 6.92 Å². The van der Waals surface area contributed by atoms with Gasteiger partial charge in [0.25, 0.3) is 0 Å². The van der Waals surface area contributed by atoms with E-state index >= 15 is 0 Å². The Labute approximate surface area is 105 Å². The first-order valence-electron chi connectivity index (χ1n) is 6.04. The first kappa shape index (κ1) is 12.7. The van der Waals surface area contributed by atoms with Crippen LogP contribution in [0.15, 0.2) is 12.1 Å². The van der Waals surface area contributed by atoms with Crippen LogP contribution in [0.3, 0.4) is 0 Å².